The van der Waals surface area contributed by atoms with Gasteiger partial charge in [0.05, 0.1) is 12.6 Å². The van der Waals surface area contributed by atoms with Crippen LogP contribution in [0.5, 0.6) is 0 Å². The number of nitrogens with zero attached hydrogens (tertiary/aromatic N) is 3. The van der Waals surface area contributed by atoms with Crippen molar-refractivity contribution in [3.63, 3.8) is 0 Å². The molecule has 0 fully saturated rings. The van der Waals surface area contributed by atoms with E-state index >= 15 is 0 Å². The molecule has 0 aliphatic heterocycles. The van der Waals surface area contributed by atoms with E-state index in [1.54, 1.807) is 12.1 Å². The predicted molar refractivity (Wildman–Crippen MR) is 81.1 cm³/mol. The number of aliphatic hydroxyl groups is 2. The van der Waals surface area contributed by atoms with Gasteiger partial charge in [-0.05, 0) is 35.4 Å². The molecule has 0 bridgehead atoms. The molecule has 0 saturated carbocycles. The molecule has 0 spiro atoms. The second-order valence-corrected chi connectivity index (χ2v) is 4.54. The molecule has 2 rings (SSSR count). The molecule has 21 heavy (non-hydrogen) atoms. The zero-order valence-electron chi connectivity index (χ0n) is 11.3. The Morgan fingerprint density at radius 2 is 1.62 bits per heavy atom. The fourth-order valence-corrected chi connectivity index (χ4v) is 1.89. The molecule has 6 nitrogen and oxygen atoms in total. The monoisotopic (exact) mass is 284 g/mol. The van der Waals surface area contributed by atoms with Gasteiger partial charge in [0, 0.05) is 16.3 Å². The highest BCUT2D eigenvalue weighted by Crippen LogP contribution is 2.21. The highest BCUT2D eigenvalue weighted by molar-refractivity contribution is 5.59. The van der Waals surface area contributed by atoms with Gasteiger partial charge in [-0.2, -0.15) is 0 Å². The van der Waals surface area contributed by atoms with E-state index in [-0.39, 0.29) is 6.54 Å². The van der Waals surface area contributed by atoms with Gasteiger partial charge in [-0.25, -0.2) is 0 Å². The van der Waals surface area contributed by atoms with Crippen molar-refractivity contribution >= 4 is 11.4 Å². The number of para-hydroxylation sites is 1. The first-order chi connectivity index (χ1) is 10.2. The summed E-state index contributed by atoms with van der Waals surface area (Å²) in [6.45, 7) is -0.165. The molecule has 0 aliphatic carbocycles. The second kappa shape index (κ2) is 7.31. The summed E-state index contributed by atoms with van der Waals surface area (Å²) >= 11 is 0. The average Bonchev–Trinajstić information content (AvgIpc) is 2.53. The van der Waals surface area contributed by atoms with Crippen LogP contribution >= 0.6 is 0 Å². The van der Waals surface area contributed by atoms with Crippen LogP contribution in [0.25, 0.3) is 10.4 Å². The van der Waals surface area contributed by atoms with Crippen molar-refractivity contribution in [1.29, 1.82) is 0 Å². The first-order valence-corrected chi connectivity index (χ1v) is 6.49. The van der Waals surface area contributed by atoms with Crippen molar-refractivity contribution in [3.8, 4) is 0 Å². The molecule has 0 radical (unpaired) electrons. The van der Waals surface area contributed by atoms with E-state index in [0.717, 1.165) is 11.4 Å². The second-order valence-electron chi connectivity index (χ2n) is 4.54. The third-order valence-electron chi connectivity index (χ3n) is 3.01. The van der Waals surface area contributed by atoms with Crippen molar-refractivity contribution in [2.24, 2.45) is 5.11 Å². The number of hydrogen-bond acceptors (Lipinski definition) is 4. The van der Waals surface area contributed by atoms with Crippen LogP contribution in [0.4, 0.5) is 11.4 Å². The minimum atomic E-state index is -1.12. The zero-order valence-corrected chi connectivity index (χ0v) is 11.3. The summed E-state index contributed by atoms with van der Waals surface area (Å²) in [6.07, 6.45) is -2.20. The van der Waals surface area contributed by atoms with Crippen LogP contribution in [0.1, 0.15) is 11.7 Å². The lowest BCUT2D eigenvalue weighted by molar-refractivity contribution is 0.0244. The van der Waals surface area contributed by atoms with E-state index in [9.17, 15) is 10.2 Å². The SMILES string of the molecule is [N-]=[N+]=NCC(O)C(O)c1ccc(Nc2ccccc2)cc1. The van der Waals surface area contributed by atoms with Gasteiger partial charge >= 0.3 is 0 Å². The lowest BCUT2D eigenvalue weighted by Crippen LogP contribution is -2.21. The highest BCUT2D eigenvalue weighted by Gasteiger charge is 2.17. The van der Waals surface area contributed by atoms with Crippen molar-refractivity contribution < 1.29 is 10.2 Å². The summed E-state index contributed by atoms with van der Waals surface area (Å²) in [6, 6.07) is 16.8. The van der Waals surface area contributed by atoms with Gasteiger partial charge in [-0.3, -0.25) is 0 Å². The van der Waals surface area contributed by atoms with Crippen molar-refractivity contribution in [3.05, 3.63) is 70.6 Å². The van der Waals surface area contributed by atoms with Gasteiger partial charge in [-0.1, -0.05) is 35.4 Å². The molecular weight excluding hydrogens is 268 g/mol. The number of nitrogens with one attached hydrogen (secondary N) is 1. The van der Waals surface area contributed by atoms with Crippen LogP contribution in [0.3, 0.4) is 0 Å². The van der Waals surface area contributed by atoms with E-state index in [4.69, 9.17) is 5.53 Å². The highest BCUT2D eigenvalue weighted by atomic mass is 16.3. The minimum absolute atomic E-state index is 0.165. The van der Waals surface area contributed by atoms with Crippen LogP contribution in [0.15, 0.2) is 59.7 Å². The first kappa shape index (κ1) is 14.9. The number of azide groups is 1. The summed E-state index contributed by atoms with van der Waals surface area (Å²) in [5, 5.41) is 26.1. The van der Waals surface area contributed by atoms with Crippen LogP contribution < -0.4 is 5.32 Å². The summed E-state index contributed by atoms with van der Waals surface area (Å²) in [5.41, 5.74) is 10.6. The van der Waals surface area contributed by atoms with E-state index in [1.807, 2.05) is 42.5 Å². The van der Waals surface area contributed by atoms with Crippen LogP contribution in [-0.2, 0) is 0 Å². The van der Waals surface area contributed by atoms with Crippen LogP contribution in [-0.4, -0.2) is 22.9 Å². The Labute approximate surface area is 122 Å². The normalized spacial score (nSPS) is 13.0. The van der Waals surface area contributed by atoms with E-state index in [0.29, 0.717) is 5.56 Å². The summed E-state index contributed by atoms with van der Waals surface area (Å²) in [5.74, 6) is 0. The lowest BCUT2D eigenvalue weighted by Gasteiger charge is -2.16. The van der Waals surface area contributed by atoms with Crippen LogP contribution in [0.2, 0.25) is 0 Å². The maximum atomic E-state index is 9.94. The number of hydrogen-bond donors (Lipinski definition) is 3. The summed E-state index contributed by atoms with van der Waals surface area (Å²) in [7, 11) is 0. The number of benzene rings is 2. The Kier molecular flexibility index (Phi) is 5.17. The lowest BCUT2D eigenvalue weighted by atomic mass is 10.0. The van der Waals surface area contributed by atoms with Gasteiger partial charge in [0.25, 0.3) is 0 Å². The molecule has 2 unspecified atom stereocenters. The maximum Gasteiger partial charge on any atom is 0.105 e. The number of aliphatic hydroxyl groups excluding tert-OH is 2. The Bertz CT molecular complexity index is 609. The topological polar surface area (TPSA) is 101 Å². The molecule has 2 aromatic rings. The Balaban J connectivity index is 2.03. The smallest absolute Gasteiger partial charge is 0.105 e. The molecule has 0 amide bonds. The first-order valence-electron chi connectivity index (χ1n) is 6.49. The third-order valence-corrected chi connectivity index (χ3v) is 3.01. The van der Waals surface area contributed by atoms with E-state index in [2.05, 4.69) is 15.3 Å². The Morgan fingerprint density at radius 3 is 2.24 bits per heavy atom. The van der Waals surface area contributed by atoms with Crippen molar-refractivity contribution in [2.75, 3.05) is 11.9 Å². The number of rotatable bonds is 6. The van der Waals surface area contributed by atoms with Crippen LogP contribution in [0, 0.1) is 0 Å². The summed E-state index contributed by atoms with van der Waals surface area (Å²) in [4.78, 5) is 2.56. The molecule has 0 heterocycles. The largest absolute Gasteiger partial charge is 0.390 e. The van der Waals surface area contributed by atoms with Gasteiger partial charge in [0.15, 0.2) is 0 Å². The molecule has 0 aliphatic rings. The van der Waals surface area contributed by atoms with E-state index in [1.165, 1.54) is 0 Å². The van der Waals surface area contributed by atoms with Crippen molar-refractivity contribution in [1.82, 2.24) is 0 Å². The molecular formula is C15H16N4O2. The summed E-state index contributed by atoms with van der Waals surface area (Å²) < 4.78 is 0. The molecule has 0 aromatic heterocycles. The fourth-order valence-electron chi connectivity index (χ4n) is 1.89. The maximum absolute atomic E-state index is 9.94. The predicted octanol–water partition coefficient (Wildman–Crippen LogP) is 3.13. The fraction of sp³-hybridized carbons (Fsp3) is 0.200. The minimum Gasteiger partial charge on any atom is -0.390 e. The van der Waals surface area contributed by atoms with Gasteiger partial charge < -0.3 is 15.5 Å². The Morgan fingerprint density at radius 1 is 1.00 bits per heavy atom. The van der Waals surface area contributed by atoms with Gasteiger partial charge in [0.1, 0.15) is 6.10 Å². The number of anilines is 2. The van der Waals surface area contributed by atoms with E-state index < -0.39 is 12.2 Å². The zero-order chi connectivity index (χ0) is 15.1. The molecule has 0 saturated heterocycles. The average molecular weight is 284 g/mol. The van der Waals surface area contributed by atoms with Crippen molar-refractivity contribution in [2.45, 2.75) is 12.2 Å². The molecule has 3 N–H and O–H groups in total. The quantitative estimate of drug-likeness (QED) is 0.431. The third kappa shape index (κ3) is 4.22. The molecule has 108 valence electrons. The molecule has 6 heteroatoms. The van der Waals surface area contributed by atoms with Gasteiger partial charge in [0.2, 0.25) is 0 Å². The standard InChI is InChI=1S/C15H16N4O2/c16-19-17-10-14(20)15(21)11-6-8-13(9-7-11)18-12-4-2-1-3-5-12/h1-9,14-15,18,20-21H,10H2. The Hall–Kier alpha value is -2.53. The van der Waals surface area contributed by atoms with Gasteiger partial charge in [-0.15, -0.1) is 0 Å². The molecule has 2 atom stereocenters. The molecule has 2 aromatic carbocycles.